The van der Waals surface area contributed by atoms with Crippen LogP contribution in [0.15, 0.2) is 12.2 Å². The first-order chi connectivity index (χ1) is 9.97. The van der Waals surface area contributed by atoms with Gasteiger partial charge in [-0.05, 0) is 25.2 Å². The summed E-state index contributed by atoms with van der Waals surface area (Å²) in [4.78, 5) is 43.0. The zero-order valence-corrected chi connectivity index (χ0v) is 12.7. The topological polar surface area (TPSA) is 75.7 Å². The fourth-order valence-electron chi connectivity index (χ4n) is 3.08. The van der Waals surface area contributed by atoms with Crippen LogP contribution in [0.3, 0.4) is 0 Å². The number of carbonyl (C=O) groups excluding carboxylic acids is 3. The lowest BCUT2D eigenvalue weighted by atomic mass is 9.85. The fourth-order valence-corrected chi connectivity index (χ4v) is 3.08. The Morgan fingerprint density at radius 1 is 1.29 bits per heavy atom. The molecule has 0 aromatic carbocycles. The Balaban J connectivity index is 2.25. The first kappa shape index (κ1) is 15.7. The Morgan fingerprint density at radius 3 is 2.24 bits per heavy atom. The highest BCUT2D eigenvalue weighted by molar-refractivity contribution is 6.08. The monoisotopic (exact) mass is 294 g/mol. The third-order valence-electron chi connectivity index (χ3n) is 4.05. The van der Waals surface area contributed by atoms with Crippen LogP contribution in [0.4, 0.5) is 0 Å². The van der Waals surface area contributed by atoms with Gasteiger partial charge < -0.3 is 0 Å². The number of hydrogen-bond donors (Lipinski definition) is 1. The number of hydrogen-bond acceptors (Lipinski definition) is 4. The molecule has 3 amide bonds. The average molecular weight is 294 g/mol. The zero-order chi connectivity index (χ0) is 15.6. The minimum absolute atomic E-state index is 0.180. The average Bonchev–Trinajstić information content (AvgIpc) is 2.69. The van der Waals surface area contributed by atoms with Crippen LogP contribution < -0.4 is 5.48 Å². The summed E-state index contributed by atoms with van der Waals surface area (Å²) >= 11 is 0. The Hall–Kier alpha value is -1.69. The highest BCUT2D eigenvalue weighted by Crippen LogP contribution is 2.36. The molecule has 1 aliphatic heterocycles. The third-order valence-corrected chi connectivity index (χ3v) is 4.05. The molecular formula is C15H22N2O4. The number of nitrogens with one attached hydrogen (secondary N) is 1. The van der Waals surface area contributed by atoms with Gasteiger partial charge in [0.2, 0.25) is 11.8 Å². The summed E-state index contributed by atoms with van der Waals surface area (Å²) in [6.07, 6.45) is 5.45. The van der Waals surface area contributed by atoms with Gasteiger partial charge in [0, 0.05) is 0 Å². The molecule has 2 rings (SSSR count). The molecule has 6 heteroatoms. The number of fused-ring (bicyclic) bond motifs is 1. The number of allylic oxidation sites excluding steroid dienone is 2. The van der Waals surface area contributed by atoms with E-state index in [9.17, 15) is 14.4 Å². The van der Waals surface area contributed by atoms with Crippen molar-refractivity contribution in [3.8, 4) is 0 Å². The molecule has 1 N–H and O–H groups in total. The highest BCUT2D eigenvalue weighted by Gasteiger charge is 2.51. The summed E-state index contributed by atoms with van der Waals surface area (Å²) in [7, 11) is 1.33. The molecule has 2 aliphatic rings. The molecule has 0 unspecified atom stereocenters. The zero-order valence-electron chi connectivity index (χ0n) is 12.7. The van der Waals surface area contributed by atoms with Gasteiger partial charge in [0.05, 0.1) is 18.9 Å². The number of carbonyl (C=O) groups is 3. The first-order valence-corrected chi connectivity index (χ1v) is 7.32. The van der Waals surface area contributed by atoms with Crippen molar-refractivity contribution < 1.29 is 19.2 Å². The first-order valence-electron chi connectivity index (χ1n) is 7.32. The van der Waals surface area contributed by atoms with Gasteiger partial charge in [0.25, 0.3) is 5.91 Å². The third kappa shape index (κ3) is 3.00. The minimum Gasteiger partial charge on any atom is -0.277 e. The Bertz CT molecular complexity index is 446. The molecule has 6 nitrogen and oxygen atoms in total. The summed E-state index contributed by atoms with van der Waals surface area (Å²) in [6.45, 7) is 3.90. The predicted octanol–water partition coefficient (Wildman–Crippen LogP) is 1.03. The SMILES string of the molecule is CONC(=O)[C@H](CC(C)C)N1C(=O)[C@H]2CC=CC[C@@H]2C1=O. The lowest BCUT2D eigenvalue weighted by Crippen LogP contribution is -2.50. The maximum Gasteiger partial charge on any atom is 0.266 e. The number of rotatable bonds is 5. The highest BCUT2D eigenvalue weighted by atomic mass is 16.6. The maximum absolute atomic E-state index is 12.5. The van der Waals surface area contributed by atoms with E-state index in [4.69, 9.17) is 0 Å². The molecule has 116 valence electrons. The molecule has 1 fully saturated rings. The van der Waals surface area contributed by atoms with Crippen LogP contribution in [0.2, 0.25) is 0 Å². The van der Waals surface area contributed by atoms with Crippen molar-refractivity contribution >= 4 is 17.7 Å². The number of nitrogens with zero attached hydrogens (tertiary/aromatic N) is 1. The van der Waals surface area contributed by atoms with Crippen LogP contribution >= 0.6 is 0 Å². The van der Waals surface area contributed by atoms with Gasteiger partial charge in [0.1, 0.15) is 6.04 Å². The second-order valence-electron chi connectivity index (χ2n) is 6.02. The molecule has 1 heterocycles. The van der Waals surface area contributed by atoms with Crippen molar-refractivity contribution in [1.29, 1.82) is 0 Å². The van der Waals surface area contributed by atoms with E-state index in [0.29, 0.717) is 19.3 Å². The van der Waals surface area contributed by atoms with Gasteiger partial charge in [-0.1, -0.05) is 26.0 Å². The number of imide groups is 1. The summed E-state index contributed by atoms with van der Waals surface area (Å²) in [5, 5.41) is 0. The minimum atomic E-state index is -0.796. The Kier molecular flexibility index (Phi) is 4.77. The molecule has 21 heavy (non-hydrogen) atoms. The van der Waals surface area contributed by atoms with E-state index >= 15 is 0 Å². The smallest absolute Gasteiger partial charge is 0.266 e. The lowest BCUT2D eigenvalue weighted by Gasteiger charge is -2.26. The van der Waals surface area contributed by atoms with Crippen LogP contribution in [0, 0.1) is 17.8 Å². The standard InChI is InChI=1S/C15H22N2O4/c1-9(2)8-12(13(18)16-21-3)17-14(19)10-6-4-5-7-11(10)15(17)20/h4-5,9-12H,6-8H2,1-3H3,(H,16,18)/t10-,11-,12-/m0/s1. The number of likely N-dealkylation sites (tertiary alicyclic amines) is 1. The molecule has 0 spiro atoms. The van der Waals surface area contributed by atoms with E-state index in [1.165, 1.54) is 7.11 Å². The van der Waals surface area contributed by atoms with Gasteiger partial charge in [-0.3, -0.25) is 24.1 Å². The van der Waals surface area contributed by atoms with Gasteiger partial charge >= 0.3 is 0 Å². The predicted molar refractivity (Wildman–Crippen MR) is 75.6 cm³/mol. The van der Waals surface area contributed by atoms with Gasteiger partial charge in [-0.25, -0.2) is 5.48 Å². The van der Waals surface area contributed by atoms with Crippen molar-refractivity contribution in [1.82, 2.24) is 10.4 Å². The lowest BCUT2D eigenvalue weighted by molar-refractivity contribution is -0.152. The summed E-state index contributed by atoms with van der Waals surface area (Å²) in [5.41, 5.74) is 2.25. The molecular weight excluding hydrogens is 272 g/mol. The quantitative estimate of drug-likeness (QED) is 0.467. The van der Waals surface area contributed by atoms with E-state index in [2.05, 4.69) is 10.3 Å². The van der Waals surface area contributed by atoms with E-state index in [-0.39, 0.29) is 29.6 Å². The fraction of sp³-hybridized carbons (Fsp3) is 0.667. The molecule has 0 radical (unpaired) electrons. The summed E-state index contributed by atoms with van der Waals surface area (Å²) in [6, 6.07) is -0.796. The normalized spacial score (nSPS) is 26.2. The van der Waals surface area contributed by atoms with Gasteiger partial charge in [0.15, 0.2) is 0 Å². The molecule has 0 saturated carbocycles. The molecule has 1 saturated heterocycles. The van der Waals surface area contributed by atoms with E-state index < -0.39 is 11.9 Å². The summed E-state index contributed by atoms with van der Waals surface area (Å²) < 4.78 is 0. The molecule has 0 aromatic heterocycles. The van der Waals surface area contributed by atoms with Crippen LogP contribution in [0.5, 0.6) is 0 Å². The van der Waals surface area contributed by atoms with Crippen molar-refractivity contribution in [2.75, 3.05) is 7.11 Å². The van der Waals surface area contributed by atoms with Crippen molar-refractivity contribution in [2.24, 2.45) is 17.8 Å². The van der Waals surface area contributed by atoms with Crippen LogP contribution in [-0.4, -0.2) is 35.8 Å². The van der Waals surface area contributed by atoms with Crippen LogP contribution in [0.1, 0.15) is 33.1 Å². The molecule has 0 aromatic rings. The molecule has 1 aliphatic carbocycles. The van der Waals surface area contributed by atoms with Crippen LogP contribution in [0.25, 0.3) is 0 Å². The number of hydroxylamine groups is 1. The van der Waals surface area contributed by atoms with E-state index in [1.807, 2.05) is 26.0 Å². The van der Waals surface area contributed by atoms with Crippen molar-refractivity contribution in [3.63, 3.8) is 0 Å². The van der Waals surface area contributed by atoms with E-state index in [1.54, 1.807) is 0 Å². The largest absolute Gasteiger partial charge is 0.277 e. The molecule has 0 bridgehead atoms. The Morgan fingerprint density at radius 2 is 1.81 bits per heavy atom. The molecule has 3 atom stereocenters. The number of amides is 3. The van der Waals surface area contributed by atoms with E-state index in [0.717, 1.165) is 4.90 Å². The van der Waals surface area contributed by atoms with Crippen molar-refractivity contribution in [2.45, 2.75) is 39.2 Å². The van der Waals surface area contributed by atoms with Crippen LogP contribution in [-0.2, 0) is 19.2 Å². The van der Waals surface area contributed by atoms with Gasteiger partial charge in [-0.2, -0.15) is 0 Å². The second-order valence-corrected chi connectivity index (χ2v) is 6.02. The Labute approximate surface area is 124 Å². The van der Waals surface area contributed by atoms with Gasteiger partial charge in [-0.15, -0.1) is 0 Å². The summed E-state index contributed by atoms with van der Waals surface area (Å²) in [5.74, 6) is -1.35. The van der Waals surface area contributed by atoms with Crippen molar-refractivity contribution in [3.05, 3.63) is 12.2 Å². The maximum atomic E-state index is 12.5. The second kappa shape index (κ2) is 6.39.